The molecule has 3 aliphatic heterocycles. The summed E-state index contributed by atoms with van der Waals surface area (Å²) in [6, 6.07) is 12.0. The number of carbonyl (C=O) groups excluding carboxylic acids is 2. The molecule has 1 atom stereocenters. The minimum Gasteiger partial charge on any atom is -0.474 e. The van der Waals surface area contributed by atoms with Crippen molar-refractivity contribution in [3.63, 3.8) is 0 Å². The van der Waals surface area contributed by atoms with Crippen molar-refractivity contribution < 1.29 is 14.3 Å². The zero-order valence-corrected chi connectivity index (χ0v) is 20.2. The predicted octanol–water partition coefficient (Wildman–Crippen LogP) is 4.93. The average molecular weight is 482 g/mol. The van der Waals surface area contributed by atoms with Gasteiger partial charge in [0.15, 0.2) is 0 Å². The summed E-state index contributed by atoms with van der Waals surface area (Å²) in [7, 11) is 0. The summed E-state index contributed by atoms with van der Waals surface area (Å²) in [6.07, 6.45) is 6.37. The second-order valence-corrected chi connectivity index (χ2v) is 9.53. The van der Waals surface area contributed by atoms with E-state index in [0.717, 1.165) is 53.0 Å². The van der Waals surface area contributed by atoms with Gasteiger partial charge in [0.2, 0.25) is 17.7 Å². The van der Waals surface area contributed by atoms with E-state index in [1.807, 2.05) is 59.3 Å². The Hall–Kier alpha value is -4.20. The van der Waals surface area contributed by atoms with E-state index in [1.54, 1.807) is 6.20 Å². The van der Waals surface area contributed by atoms with Crippen molar-refractivity contribution in [2.24, 2.45) is 0 Å². The largest absolute Gasteiger partial charge is 0.474 e. The Labute approximate surface area is 209 Å². The van der Waals surface area contributed by atoms with Gasteiger partial charge >= 0.3 is 0 Å². The molecule has 2 fully saturated rings. The van der Waals surface area contributed by atoms with Crippen molar-refractivity contribution in [2.75, 3.05) is 28.3 Å². The Kier molecular flexibility index (Phi) is 5.44. The molecule has 0 spiro atoms. The smallest absolute Gasteiger partial charge is 0.238 e. The summed E-state index contributed by atoms with van der Waals surface area (Å²) in [5, 5.41) is 3.32. The molecule has 8 heteroatoms. The normalized spacial score (nSPS) is 18.6. The third-order valence-corrected chi connectivity index (χ3v) is 7.03. The Balaban J connectivity index is 1.27. The van der Waals surface area contributed by atoms with Crippen molar-refractivity contribution >= 4 is 40.3 Å². The third-order valence-electron chi connectivity index (χ3n) is 7.03. The lowest BCUT2D eigenvalue weighted by molar-refractivity contribution is -0.118. The van der Waals surface area contributed by atoms with E-state index in [0.29, 0.717) is 36.8 Å². The number of allylic oxidation sites excluding steroid dienone is 1. The summed E-state index contributed by atoms with van der Waals surface area (Å²) in [4.78, 5) is 37.2. The van der Waals surface area contributed by atoms with E-state index in [2.05, 4.69) is 21.9 Å². The summed E-state index contributed by atoms with van der Waals surface area (Å²) < 4.78 is 5.77. The number of nitrogens with zero attached hydrogens (tertiary/aromatic N) is 4. The maximum Gasteiger partial charge on any atom is 0.238 e. The van der Waals surface area contributed by atoms with E-state index in [1.165, 1.54) is 0 Å². The van der Waals surface area contributed by atoms with Crippen LogP contribution in [0.15, 0.2) is 55.4 Å². The molecule has 2 amide bonds. The molecule has 0 radical (unpaired) electrons. The van der Waals surface area contributed by atoms with Crippen LogP contribution in [-0.4, -0.2) is 41.0 Å². The van der Waals surface area contributed by atoms with Crippen LogP contribution in [0.2, 0.25) is 0 Å². The van der Waals surface area contributed by atoms with Gasteiger partial charge in [-0.25, -0.2) is 9.97 Å². The van der Waals surface area contributed by atoms with Gasteiger partial charge in [-0.3, -0.25) is 9.59 Å². The van der Waals surface area contributed by atoms with E-state index in [4.69, 9.17) is 4.74 Å². The molecule has 6 rings (SSSR count). The van der Waals surface area contributed by atoms with Crippen molar-refractivity contribution in [1.29, 1.82) is 0 Å². The molecule has 5 heterocycles. The quantitative estimate of drug-likeness (QED) is 0.556. The maximum atomic E-state index is 12.4. The SMILES string of the molecule is C=C(C)c1cc(Nc2cnc3c(c2)N2C(=O)CC[C@H]2CO3)ncc1-c1ccc(N2CCCC2=O)cc1. The number of aromatic nitrogens is 2. The molecule has 8 nitrogen and oxygen atoms in total. The molecule has 1 N–H and O–H groups in total. The van der Waals surface area contributed by atoms with E-state index < -0.39 is 0 Å². The second-order valence-electron chi connectivity index (χ2n) is 9.53. The number of nitrogens with one attached hydrogen (secondary N) is 1. The number of fused-ring (bicyclic) bond motifs is 3. The van der Waals surface area contributed by atoms with E-state index in [9.17, 15) is 9.59 Å². The number of hydrogen-bond acceptors (Lipinski definition) is 6. The predicted molar refractivity (Wildman–Crippen MR) is 139 cm³/mol. The number of hydrogen-bond donors (Lipinski definition) is 1. The number of pyridine rings is 2. The zero-order valence-electron chi connectivity index (χ0n) is 20.2. The topological polar surface area (TPSA) is 87.7 Å². The fraction of sp³-hybridized carbons (Fsp3) is 0.286. The number of ether oxygens (including phenoxy) is 1. The Morgan fingerprint density at radius 2 is 1.92 bits per heavy atom. The summed E-state index contributed by atoms with van der Waals surface area (Å²) in [6.45, 7) is 7.40. The van der Waals surface area contributed by atoms with Crippen LogP contribution in [0.5, 0.6) is 5.88 Å². The second kappa shape index (κ2) is 8.78. The van der Waals surface area contributed by atoms with Gasteiger partial charge in [0, 0.05) is 36.8 Å². The highest BCUT2D eigenvalue weighted by molar-refractivity contribution is 5.98. The van der Waals surface area contributed by atoms with Crippen LogP contribution in [0.25, 0.3) is 16.7 Å². The lowest BCUT2D eigenvalue weighted by Crippen LogP contribution is -2.40. The first-order chi connectivity index (χ1) is 17.5. The minimum atomic E-state index is 0.0736. The van der Waals surface area contributed by atoms with Gasteiger partial charge in [-0.15, -0.1) is 0 Å². The lowest BCUT2D eigenvalue weighted by atomic mass is 9.97. The molecule has 3 aromatic rings. The first-order valence-corrected chi connectivity index (χ1v) is 12.3. The highest BCUT2D eigenvalue weighted by atomic mass is 16.5. The van der Waals surface area contributed by atoms with Gasteiger partial charge in [0.25, 0.3) is 0 Å². The molecule has 2 aromatic heterocycles. The Bertz CT molecular complexity index is 1380. The molecule has 2 saturated heterocycles. The molecule has 36 heavy (non-hydrogen) atoms. The fourth-order valence-electron chi connectivity index (χ4n) is 5.20. The highest BCUT2D eigenvalue weighted by Gasteiger charge is 2.38. The van der Waals surface area contributed by atoms with Crippen molar-refractivity contribution in [1.82, 2.24) is 9.97 Å². The van der Waals surface area contributed by atoms with Crippen molar-refractivity contribution in [3.05, 3.63) is 60.9 Å². The molecule has 0 aliphatic carbocycles. The van der Waals surface area contributed by atoms with Crippen LogP contribution >= 0.6 is 0 Å². The summed E-state index contributed by atoms with van der Waals surface area (Å²) in [5.41, 5.74) is 6.21. The van der Waals surface area contributed by atoms with Crippen molar-refractivity contribution in [3.8, 4) is 17.0 Å². The average Bonchev–Trinajstić information content (AvgIpc) is 3.49. The number of amides is 2. The van der Waals surface area contributed by atoms with Crippen LogP contribution in [-0.2, 0) is 9.59 Å². The van der Waals surface area contributed by atoms with Crippen LogP contribution in [0.4, 0.5) is 22.9 Å². The fourth-order valence-corrected chi connectivity index (χ4v) is 5.20. The van der Waals surface area contributed by atoms with Gasteiger partial charge in [-0.05, 0) is 55.2 Å². The van der Waals surface area contributed by atoms with Gasteiger partial charge < -0.3 is 19.9 Å². The van der Waals surface area contributed by atoms with Crippen LogP contribution in [0.1, 0.15) is 38.2 Å². The summed E-state index contributed by atoms with van der Waals surface area (Å²) in [5.74, 6) is 1.42. The van der Waals surface area contributed by atoms with Gasteiger partial charge in [0.05, 0.1) is 17.9 Å². The van der Waals surface area contributed by atoms with Crippen LogP contribution in [0, 0.1) is 0 Å². The number of rotatable bonds is 5. The van der Waals surface area contributed by atoms with Gasteiger partial charge in [-0.2, -0.15) is 0 Å². The first kappa shape index (κ1) is 22.3. The molecule has 1 aromatic carbocycles. The van der Waals surface area contributed by atoms with E-state index >= 15 is 0 Å². The molecule has 0 saturated carbocycles. The number of benzene rings is 1. The number of carbonyl (C=O) groups is 2. The van der Waals surface area contributed by atoms with Gasteiger partial charge in [-0.1, -0.05) is 24.3 Å². The maximum absolute atomic E-state index is 12.4. The zero-order chi connectivity index (χ0) is 24.8. The highest BCUT2D eigenvalue weighted by Crippen LogP contribution is 2.39. The molecule has 3 aliphatic rings. The molecule has 182 valence electrons. The first-order valence-electron chi connectivity index (χ1n) is 12.3. The van der Waals surface area contributed by atoms with Crippen molar-refractivity contribution in [2.45, 2.75) is 38.6 Å². The molecule has 0 unspecified atom stereocenters. The molecule has 0 bridgehead atoms. The molecular weight excluding hydrogens is 454 g/mol. The monoisotopic (exact) mass is 481 g/mol. The summed E-state index contributed by atoms with van der Waals surface area (Å²) >= 11 is 0. The third kappa shape index (κ3) is 3.88. The lowest BCUT2D eigenvalue weighted by Gasteiger charge is -2.31. The van der Waals surface area contributed by atoms with Gasteiger partial charge in [0.1, 0.15) is 18.1 Å². The van der Waals surface area contributed by atoms with Crippen LogP contribution in [0.3, 0.4) is 0 Å². The Morgan fingerprint density at radius 3 is 2.67 bits per heavy atom. The van der Waals surface area contributed by atoms with E-state index in [-0.39, 0.29) is 17.9 Å². The number of anilines is 4. The van der Waals surface area contributed by atoms with Crippen LogP contribution < -0.4 is 19.9 Å². The minimum absolute atomic E-state index is 0.0736. The Morgan fingerprint density at radius 1 is 1.08 bits per heavy atom. The standard InChI is InChI=1S/C28H27N5O3/c1-17(2)22-13-25(29-15-23(22)18-5-7-20(8-6-18)32-11-3-4-26(32)34)31-19-12-24-28(30-14-19)36-16-21-9-10-27(35)33(21)24/h5-8,12-15,21H,1,3-4,9-11,16H2,2H3,(H,29,31)/t21-/m0/s1. The molecular formula is C28H27N5O3.